The Bertz CT molecular complexity index is 407. The van der Waals surface area contributed by atoms with Crippen LogP contribution < -0.4 is 5.32 Å². The molecule has 0 radical (unpaired) electrons. The van der Waals surface area contributed by atoms with Crippen LogP contribution in [0.3, 0.4) is 0 Å². The molecule has 0 saturated carbocycles. The first-order chi connectivity index (χ1) is 9.63. The Kier molecular flexibility index (Phi) is 7.91. The van der Waals surface area contributed by atoms with E-state index in [4.69, 9.17) is 4.74 Å². The molecular weight excluding hydrogens is 276 g/mol. The van der Waals surface area contributed by atoms with Crippen molar-refractivity contribution in [1.82, 2.24) is 10.2 Å². The lowest BCUT2D eigenvalue weighted by Gasteiger charge is -2.16. The Labute approximate surface area is 123 Å². The van der Waals surface area contributed by atoms with Crippen LogP contribution in [0.2, 0.25) is 0 Å². The highest BCUT2D eigenvalue weighted by molar-refractivity contribution is 7.09. The van der Waals surface area contributed by atoms with Crippen LogP contribution in [0.15, 0.2) is 17.5 Å². The number of rotatable bonds is 9. The summed E-state index contributed by atoms with van der Waals surface area (Å²) >= 11 is 1.64. The van der Waals surface area contributed by atoms with Crippen LogP contribution in [-0.2, 0) is 20.7 Å². The molecule has 1 heterocycles. The van der Waals surface area contributed by atoms with Gasteiger partial charge in [-0.25, -0.2) is 0 Å². The highest BCUT2D eigenvalue weighted by atomic mass is 32.1. The largest absolute Gasteiger partial charge is 0.385 e. The number of amides is 2. The van der Waals surface area contributed by atoms with E-state index in [1.165, 1.54) is 9.78 Å². The summed E-state index contributed by atoms with van der Waals surface area (Å²) < 4.78 is 4.90. The molecule has 20 heavy (non-hydrogen) atoms. The van der Waals surface area contributed by atoms with Gasteiger partial charge in [-0.15, -0.1) is 11.3 Å². The van der Waals surface area contributed by atoms with Crippen LogP contribution in [0.5, 0.6) is 0 Å². The first-order valence-electron chi connectivity index (χ1n) is 6.65. The van der Waals surface area contributed by atoms with Crippen molar-refractivity contribution in [1.29, 1.82) is 0 Å². The second kappa shape index (κ2) is 9.50. The molecule has 112 valence electrons. The van der Waals surface area contributed by atoms with Crippen molar-refractivity contribution in [3.8, 4) is 0 Å². The van der Waals surface area contributed by atoms with Gasteiger partial charge in [-0.05, 0) is 24.3 Å². The van der Waals surface area contributed by atoms with Gasteiger partial charge < -0.3 is 15.0 Å². The highest BCUT2D eigenvalue weighted by Gasteiger charge is 2.12. The maximum atomic E-state index is 11.9. The molecule has 0 aliphatic carbocycles. The molecule has 0 aromatic carbocycles. The molecule has 5 nitrogen and oxygen atoms in total. The van der Waals surface area contributed by atoms with Crippen LogP contribution in [-0.4, -0.2) is 50.6 Å². The smallest absolute Gasteiger partial charge is 0.239 e. The summed E-state index contributed by atoms with van der Waals surface area (Å²) in [5.74, 6) is -0.140. The standard InChI is InChI=1S/C14H22N2O3S/c1-16(11-13(17)15-8-4-9-19-2)14(18)7-6-12-5-3-10-20-12/h3,5,10H,4,6-9,11H2,1-2H3,(H,15,17). The van der Waals surface area contributed by atoms with Crippen LogP contribution in [0.25, 0.3) is 0 Å². The predicted octanol–water partition coefficient (Wildman–Crippen LogP) is 1.29. The number of carbonyl (C=O) groups is 2. The summed E-state index contributed by atoms with van der Waals surface area (Å²) in [4.78, 5) is 26.2. The molecule has 0 unspecified atom stereocenters. The summed E-state index contributed by atoms with van der Waals surface area (Å²) in [5, 5.41) is 4.76. The van der Waals surface area contributed by atoms with E-state index in [9.17, 15) is 9.59 Å². The number of nitrogens with one attached hydrogen (secondary N) is 1. The van der Waals surface area contributed by atoms with Gasteiger partial charge in [0.05, 0.1) is 6.54 Å². The summed E-state index contributed by atoms with van der Waals surface area (Å²) in [6, 6.07) is 3.99. The molecular formula is C14H22N2O3S. The first-order valence-corrected chi connectivity index (χ1v) is 7.53. The molecule has 1 rings (SSSR count). The molecule has 0 atom stereocenters. The van der Waals surface area contributed by atoms with Crippen molar-refractivity contribution in [2.24, 2.45) is 0 Å². The molecule has 0 saturated heterocycles. The van der Waals surface area contributed by atoms with E-state index in [0.717, 1.165) is 12.8 Å². The topological polar surface area (TPSA) is 58.6 Å². The van der Waals surface area contributed by atoms with Gasteiger partial charge in [0, 0.05) is 38.6 Å². The number of nitrogens with zero attached hydrogens (tertiary/aromatic N) is 1. The lowest BCUT2D eigenvalue weighted by molar-refractivity contribution is -0.134. The normalized spacial score (nSPS) is 10.3. The average Bonchev–Trinajstić information content (AvgIpc) is 2.94. The van der Waals surface area contributed by atoms with Gasteiger partial charge >= 0.3 is 0 Å². The molecule has 1 aromatic rings. The van der Waals surface area contributed by atoms with Crippen molar-refractivity contribution in [2.45, 2.75) is 19.3 Å². The number of ether oxygens (including phenoxy) is 1. The Morgan fingerprint density at radius 2 is 2.25 bits per heavy atom. The number of likely N-dealkylation sites (N-methyl/N-ethyl adjacent to an activating group) is 1. The van der Waals surface area contributed by atoms with Gasteiger partial charge in [0.15, 0.2) is 0 Å². The molecule has 0 aliphatic rings. The van der Waals surface area contributed by atoms with E-state index in [1.54, 1.807) is 25.5 Å². The van der Waals surface area contributed by atoms with Gasteiger partial charge in [-0.1, -0.05) is 6.07 Å². The number of thiophene rings is 1. The maximum absolute atomic E-state index is 11.9. The van der Waals surface area contributed by atoms with Crippen LogP contribution in [0.1, 0.15) is 17.7 Å². The van der Waals surface area contributed by atoms with E-state index in [1.807, 2.05) is 17.5 Å². The quantitative estimate of drug-likeness (QED) is 0.699. The molecule has 1 N–H and O–H groups in total. The Balaban J connectivity index is 2.18. The molecule has 2 amide bonds. The third-order valence-corrected chi connectivity index (χ3v) is 3.76. The van der Waals surface area contributed by atoms with Crippen molar-refractivity contribution in [3.63, 3.8) is 0 Å². The lowest BCUT2D eigenvalue weighted by Crippen LogP contribution is -2.38. The highest BCUT2D eigenvalue weighted by Crippen LogP contribution is 2.11. The van der Waals surface area contributed by atoms with E-state index >= 15 is 0 Å². The molecule has 0 bridgehead atoms. The average molecular weight is 298 g/mol. The van der Waals surface area contributed by atoms with Crippen molar-refractivity contribution < 1.29 is 14.3 Å². The molecule has 6 heteroatoms. The van der Waals surface area contributed by atoms with Crippen molar-refractivity contribution >= 4 is 23.2 Å². The fraction of sp³-hybridized carbons (Fsp3) is 0.571. The molecule has 0 fully saturated rings. The molecule has 1 aromatic heterocycles. The second-order valence-electron chi connectivity index (χ2n) is 4.53. The van der Waals surface area contributed by atoms with Crippen LogP contribution in [0, 0.1) is 0 Å². The number of methoxy groups -OCH3 is 1. The minimum Gasteiger partial charge on any atom is -0.385 e. The minimum absolute atomic E-state index is 0.00885. The van der Waals surface area contributed by atoms with Crippen LogP contribution >= 0.6 is 11.3 Å². The zero-order valence-corrected chi connectivity index (χ0v) is 12.9. The zero-order chi connectivity index (χ0) is 14.8. The summed E-state index contributed by atoms with van der Waals surface area (Å²) in [6.07, 6.45) is 1.95. The molecule has 0 spiro atoms. The summed E-state index contributed by atoms with van der Waals surface area (Å²) in [5.41, 5.74) is 0. The van der Waals surface area contributed by atoms with E-state index < -0.39 is 0 Å². The SMILES string of the molecule is COCCCNC(=O)CN(C)C(=O)CCc1cccs1. The van der Waals surface area contributed by atoms with Gasteiger partial charge in [-0.3, -0.25) is 9.59 Å². The van der Waals surface area contributed by atoms with Gasteiger partial charge in [0.25, 0.3) is 0 Å². The monoisotopic (exact) mass is 298 g/mol. The van der Waals surface area contributed by atoms with E-state index in [0.29, 0.717) is 19.6 Å². The third kappa shape index (κ3) is 6.68. The number of carbonyl (C=O) groups excluding carboxylic acids is 2. The summed E-state index contributed by atoms with van der Waals surface area (Å²) in [7, 11) is 3.29. The predicted molar refractivity (Wildman–Crippen MR) is 79.8 cm³/mol. The second-order valence-corrected chi connectivity index (χ2v) is 5.56. The fourth-order valence-corrected chi connectivity index (χ4v) is 2.39. The Hall–Kier alpha value is -1.40. The van der Waals surface area contributed by atoms with Gasteiger partial charge in [-0.2, -0.15) is 0 Å². The van der Waals surface area contributed by atoms with Crippen molar-refractivity contribution in [3.05, 3.63) is 22.4 Å². The van der Waals surface area contributed by atoms with Gasteiger partial charge in [0.1, 0.15) is 0 Å². The van der Waals surface area contributed by atoms with E-state index in [2.05, 4.69) is 5.32 Å². The Morgan fingerprint density at radius 3 is 2.90 bits per heavy atom. The van der Waals surface area contributed by atoms with Gasteiger partial charge in [0.2, 0.25) is 11.8 Å². The van der Waals surface area contributed by atoms with Crippen molar-refractivity contribution in [2.75, 3.05) is 33.9 Å². The zero-order valence-electron chi connectivity index (χ0n) is 12.1. The van der Waals surface area contributed by atoms with Crippen LogP contribution in [0.4, 0.5) is 0 Å². The summed E-state index contributed by atoms with van der Waals surface area (Å²) in [6.45, 7) is 1.30. The first kappa shape index (κ1) is 16.7. The number of aryl methyl sites for hydroxylation is 1. The lowest BCUT2D eigenvalue weighted by atomic mass is 10.2. The number of hydrogen-bond acceptors (Lipinski definition) is 4. The van der Waals surface area contributed by atoms with E-state index in [-0.39, 0.29) is 18.4 Å². The third-order valence-electron chi connectivity index (χ3n) is 2.82. The fourth-order valence-electron chi connectivity index (χ4n) is 1.68. The Morgan fingerprint density at radius 1 is 1.45 bits per heavy atom. The minimum atomic E-state index is -0.131. The maximum Gasteiger partial charge on any atom is 0.239 e. The number of hydrogen-bond donors (Lipinski definition) is 1. The molecule has 0 aliphatic heterocycles.